The van der Waals surface area contributed by atoms with E-state index in [-0.39, 0.29) is 11.5 Å². The Morgan fingerprint density at radius 1 is 1.25 bits per heavy atom. The van der Waals surface area contributed by atoms with E-state index in [1.54, 1.807) is 12.4 Å². The van der Waals surface area contributed by atoms with Crippen LogP contribution < -0.4 is 5.56 Å². The van der Waals surface area contributed by atoms with Gasteiger partial charge in [0.05, 0.1) is 12.0 Å². The van der Waals surface area contributed by atoms with Gasteiger partial charge < -0.3 is 4.98 Å². The van der Waals surface area contributed by atoms with Crippen LogP contribution in [0.2, 0.25) is 0 Å². The molecule has 0 radical (unpaired) electrons. The quantitative estimate of drug-likeness (QED) is 0.822. The molecular formula is C11H12N4O. The first kappa shape index (κ1) is 10.5. The molecule has 0 aromatic carbocycles. The van der Waals surface area contributed by atoms with E-state index in [9.17, 15) is 4.79 Å². The lowest BCUT2D eigenvalue weighted by Crippen LogP contribution is -2.16. The number of aromatic nitrogens is 4. The molecule has 0 saturated heterocycles. The van der Waals surface area contributed by atoms with Gasteiger partial charge in [-0.15, -0.1) is 0 Å². The SMILES string of the molecule is CC(C)c1c(-c2cncnc2)nc[nH]c1=O. The van der Waals surface area contributed by atoms with Crippen LogP contribution in [0.1, 0.15) is 25.3 Å². The molecule has 2 aromatic heterocycles. The lowest BCUT2D eigenvalue weighted by molar-refractivity contribution is 0.833. The standard InChI is InChI=1S/C11H12N4O/c1-7(2)9-10(14-6-15-11(9)16)8-3-12-5-13-4-8/h3-7H,1-2H3,(H,14,15,16). The van der Waals surface area contributed by atoms with Gasteiger partial charge in [0.2, 0.25) is 0 Å². The zero-order valence-electron chi connectivity index (χ0n) is 9.14. The second-order valence-electron chi connectivity index (χ2n) is 3.78. The number of H-pyrrole nitrogens is 1. The van der Waals surface area contributed by atoms with E-state index < -0.39 is 0 Å². The molecule has 2 heterocycles. The Labute approximate surface area is 92.6 Å². The number of hydrogen-bond donors (Lipinski definition) is 1. The van der Waals surface area contributed by atoms with Gasteiger partial charge in [0.15, 0.2) is 0 Å². The van der Waals surface area contributed by atoms with Crippen LogP contribution in [0.4, 0.5) is 0 Å². The van der Waals surface area contributed by atoms with E-state index in [1.165, 1.54) is 12.7 Å². The van der Waals surface area contributed by atoms with Crippen molar-refractivity contribution in [3.63, 3.8) is 0 Å². The van der Waals surface area contributed by atoms with E-state index >= 15 is 0 Å². The Hall–Kier alpha value is -2.04. The highest BCUT2D eigenvalue weighted by Crippen LogP contribution is 2.22. The molecule has 5 heteroatoms. The number of rotatable bonds is 2. The Bertz CT molecular complexity index is 533. The monoisotopic (exact) mass is 216 g/mol. The van der Waals surface area contributed by atoms with E-state index in [0.29, 0.717) is 11.3 Å². The molecule has 1 N–H and O–H groups in total. The van der Waals surface area contributed by atoms with E-state index in [2.05, 4.69) is 19.9 Å². The minimum Gasteiger partial charge on any atom is -0.313 e. The van der Waals surface area contributed by atoms with Gasteiger partial charge in [0.1, 0.15) is 6.33 Å². The van der Waals surface area contributed by atoms with Gasteiger partial charge in [-0.05, 0) is 5.92 Å². The maximum atomic E-state index is 11.7. The summed E-state index contributed by atoms with van der Waals surface area (Å²) < 4.78 is 0. The van der Waals surface area contributed by atoms with Crippen LogP contribution in [0.15, 0.2) is 29.8 Å². The van der Waals surface area contributed by atoms with E-state index in [1.807, 2.05) is 13.8 Å². The zero-order valence-corrected chi connectivity index (χ0v) is 9.14. The van der Waals surface area contributed by atoms with Crippen molar-refractivity contribution in [3.05, 3.63) is 41.0 Å². The molecule has 0 atom stereocenters. The summed E-state index contributed by atoms with van der Waals surface area (Å²) in [7, 11) is 0. The molecule has 82 valence electrons. The Morgan fingerprint density at radius 3 is 2.56 bits per heavy atom. The number of nitrogens with zero attached hydrogens (tertiary/aromatic N) is 3. The summed E-state index contributed by atoms with van der Waals surface area (Å²) in [5.41, 5.74) is 1.97. The molecule has 0 amide bonds. The second-order valence-corrected chi connectivity index (χ2v) is 3.78. The Kier molecular flexibility index (Phi) is 2.76. The van der Waals surface area contributed by atoms with Gasteiger partial charge in [0, 0.05) is 23.5 Å². The van der Waals surface area contributed by atoms with Crippen molar-refractivity contribution < 1.29 is 0 Å². The summed E-state index contributed by atoms with van der Waals surface area (Å²) in [6.07, 6.45) is 6.16. The van der Waals surface area contributed by atoms with Crippen molar-refractivity contribution >= 4 is 0 Å². The molecule has 0 spiro atoms. The smallest absolute Gasteiger partial charge is 0.254 e. The molecular weight excluding hydrogens is 204 g/mol. The summed E-state index contributed by atoms with van der Waals surface area (Å²) >= 11 is 0. The fraction of sp³-hybridized carbons (Fsp3) is 0.273. The second kappa shape index (κ2) is 4.22. The maximum absolute atomic E-state index is 11.7. The first-order valence-corrected chi connectivity index (χ1v) is 5.03. The highest BCUT2D eigenvalue weighted by molar-refractivity contribution is 5.60. The van der Waals surface area contributed by atoms with Crippen molar-refractivity contribution in [2.24, 2.45) is 0 Å². The summed E-state index contributed by atoms with van der Waals surface area (Å²) in [6.45, 7) is 3.92. The first-order valence-electron chi connectivity index (χ1n) is 5.03. The average Bonchev–Trinajstić information content (AvgIpc) is 2.29. The minimum atomic E-state index is -0.108. The molecule has 2 aromatic rings. The van der Waals surface area contributed by atoms with E-state index in [0.717, 1.165) is 5.56 Å². The number of aromatic amines is 1. The molecule has 5 nitrogen and oxygen atoms in total. The summed E-state index contributed by atoms with van der Waals surface area (Å²) in [6, 6.07) is 0. The third-order valence-corrected chi connectivity index (χ3v) is 2.30. The van der Waals surface area contributed by atoms with Crippen LogP contribution in [0, 0.1) is 0 Å². The van der Waals surface area contributed by atoms with Crippen LogP contribution >= 0.6 is 0 Å². The third kappa shape index (κ3) is 1.84. The zero-order chi connectivity index (χ0) is 11.5. The van der Waals surface area contributed by atoms with Crippen LogP contribution in [0.25, 0.3) is 11.3 Å². The maximum Gasteiger partial charge on any atom is 0.254 e. The molecule has 0 aliphatic heterocycles. The Balaban J connectivity index is 2.66. The number of nitrogens with one attached hydrogen (secondary N) is 1. The topological polar surface area (TPSA) is 71.5 Å². The van der Waals surface area contributed by atoms with Gasteiger partial charge in [0.25, 0.3) is 5.56 Å². The predicted molar refractivity (Wildman–Crippen MR) is 60.0 cm³/mol. The van der Waals surface area contributed by atoms with Crippen LogP contribution in [-0.2, 0) is 0 Å². The normalized spacial score (nSPS) is 10.7. The predicted octanol–water partition coefficient (Wildman–Crippen LogP) is 1.35. The van der Waals surface area contributed by atoms with Gasteiger partial charge >= 0.3 is 0 Å². The fourth-order valence-electron chi connectivity index (χ4n) is 1.60. The van der Waals surface area contributed by atoms with Crippen molar-refractivity contribution in [1.82, 2.24) is 19.9 Å². The van der Waals surface area contributed by atoms with Gasteiger partial charge in [-0.1, -0.05) is 13.8 Å². The lowest BCUT2D eigenvalue weighted by Gasteiger charge is -2.09. The highest BCUT2D eigenvalue weighted by atomic mass is 16.1. The lowest BCUT2D eigenvalue weighted by atomic mass is 10.00. The van der Waals surface area contributed by atoms with Gasteiger partial charge in [-0.2, -0.15) is 0 Å². The molecule has 0 fully saturated rings. The largest absolute Gasteiger partial charge is 0.313 e. The van der Waals surface area contributed by atoms with Crippen LogP contribution in [-0.4, -0.2) is 19.9 Å². The molecule has 0 bridgehead atoms. The van der Waals surface area contributed by atoms with Crippen molar-refractivity contribution in [2.45, 2.75) is 19.8 Å². The third-order valence-electron chi connectivity index (χ3n) is 2.30. The van der Waals surface area contributed by atoms with Crippen molar-refractivity contribution in [3.8, 4) is 11.3 Å². The number of hydrogen-bond acceptors (Lipinski definition) is 4. The van der Waals surface area contributed by atoms with Crippen LogP contribution in [0.5, 0.6) is 0 Å². The average molecular weight is 216 g/mol. The summed E-state index contributed by atoms with van der Waals surface area (Å²) in [4.78, 5) is 26.4. The van der Waals surface area contributed by atoms with Crippen molar-refractivity contribution in [2.75, 3.05) is 0 Å². The van der Waals surface area contributed by atoms with Crippen molar-refractivity contribution in [1.29, 1.82) is 0 Å². The summed E-state index contributed by atoms with van der Waals surface area (Å²) in [5.74, 6) is 0.104. The highest BCUT2D eigenvalue weighted by Gasteiger charge is 2.14. The molecule has 0 saturated carbocycles. The van der Waals surface area contributed by atoms with Gasteiger partial charge in [-0.3, -0.25) is 4.79 Å². The molecule has 0 aliphatic carbocycles. The van der Waals surface area contributed by atoms with Crippen LogP contribution in [0.3, 0.4) is 0 Å². The molecule has 0 aliphatic rings. The first-order chi connectivity index (χ1) is 7.70. The van der Waals surface area contributed by atoms with Gasteiger partial charge in [-0.25, -0.2) is 15.0 Å². The fourth-order valence-corrected chi connectivity index (χ4v) is 1.60. The molecule has 0 unspecified atom stereocenters. The minimum absolute atomic E-state index is 0.104. The molecule has 16 heavy (non-hydrogen) atoms. The summed E-state index contributed by atoms with van der Waals surface area (Å²) in [5, 5.41) is 0. The van der Waals surface area contributed by atoms with E-state index in [4.69, 9.17) is 0 Å². The Morgan fingerprint density at radius 2 is 1.94 bits per heavy atom. The molecule has 2 rings (SSSR count).